The van der Waals surface area contributed by atoms with Crippen LogP contribution in [-0.4, -0.2) is 28.2 Å². The van der Waals surface area contributed by atoms with E-state index in [1.807, 2.05) is 30.2 Å². The second kappa shape index (κ2) is 7.77. The van der Waals surface area contributed by atoms with Crippen molar-refractivity contribution in [2.75, 3.05) is 13.1 Å². The summed E-state index contributed by atoms with van der Waals surface area (Å²) < 4.78 is 0. The zero-order chi connectivity index (χ0) is 17.1. The van der Waals surface area contributed by atoms with Crippen molar-refractivity contribution in [2.24, 2.45) is 0 Å². The van der Waals surface area contributed by atoms with Crippen LogP contribution in [0.4, 0.5) is 0 Å². The van der Waals surface area contributed by atoms with E-state index < -0.39 is 0 Å². The first-order valence-corrected chi connectivity index (χ1v) is 10.00. The third-order valence-corrected chi connectivity index (χ3v) is 6.59. The van der Waals surface area contributed by atoms with Crippen LogP contribution in [0.25, 0.3) is 10.8 Å². The molecule has 1 saturated heterocycles. The average molecular weight is 369 g/mol. The number of fused-ring (bicyclic) bond motifs is 1. The molecule has 1 fully saturated rings. The summed E-state index contributed by atoms with van der Waals surface area (Å²) in [4.78, 5) is 7.92. The minimum absolute atomic E-state index is 0.642. The molecule has 1 aliphatic heterocycles. The standard InChI is InChI=1S/C21H21ClN2S/c22-20-12-18-14-23-9-6-17(18)13-21(20)25-19-7-10-24(11-8-19)15-16-4-2-1-3-5-16/h1-6,9,12-14,19H,7-8,10-11,15H2. The van der Waals surface area contributed by atoms with Gasteiger partial charge in [-0.2, -0.15) is 0 Å². The van der Waals surface area contributed by atoms with Crippen molar-refractivity contribution in [3.05, 3.63) is 71.5 Å². The van der Waals surface area contributed by atoms with Gasteiger partial charge in [0.05, 0.1) is 5.02 Å². The number of hydrogen-bond acceptors (Lipinski definition) is 3. The Morgan fingerprint density at radius 1 is 1.04 bits per heavy atom. The van der Waals surface area contributed by atoms with Gasteiger partial charge in [0.2, 0.25) is 0 Å². The molecular formula is C21H21ClN2S. The molecule has 2 aromatic carbocycles. The number of thioether (sulfide) groups is 1. The van der Waals surface area contributed by atoms with Crippen LogP contribution < -0.4 is 0 Å². The lowest BCUT2D eigenvalue weighted by molar-refractivity contribution is 0.225. The molecule has 2 nitrogen and oxygen atoms in total. The Hall–Kier alpha value is -1.55. The first-order valence-electron chi connectivity index (χ1n) is 8.74. The summed E-state index contributed by atoms with van der Waals surface area (Å²) >= 11 is 8.43. The van der Waals surface area contributed by atoms with Crippen molar-refractivity contribution in [3.8, 4) is 0 Å². The Kier molecular flexibility index (Phi) is 5.25. The highest BCUT2D eigenvalue weighted by Crippen LogP contribution is 2.37. The summed E-state index contributed by atoms with van der Waals surface area (Å²) in [7, 11) is 0. The molecule has 0 N–H and O–H groups in total. The monoisotopic (exact) mass is 368 g/mol. The smallest absolute Gasteiger partial charge is 0.0548 e. The van der Waals surface area contributed by atoms with Gasteiger partial charge in [-0.1, -0.05) is 41.9 Å². The quantitative estimate of drug-likeness (QED) is 0.592. The number of likely N-dealkylation sites (tertiary alicyclic amines) is 1. The van der Waals surface area contributed by atoms with Crippen LogP contribution >= 0.6 is 23.4 Å². The van der Waals surface area contributed by atoms with E-state index in [0.29, 0.717) is 5.25 Å². The van der Waals surface area contributed by atoms with Crippen LogP contribution in [0.5, 0.6) is 0 Å². The van der Waals surface area contributed by atoms with Gasteiger partial charge in [0.15, 0.2) is 0 Å². The maximum Gasteiger partial charge on any atom is 0.0548 e. The predicted molar refractivity (Wildman–Crippen MR) is 107 cm³/mol. The minimum atomic E-state index is 0.642. The molecule has 2 heterocycles. The van der Waals surface area contributed by atoms with Crippen molar-refractivity contribution < 1.29 is 0 Å². The number of halogens is 1. The molecule has 25 heavy (non-hydrogen) atoms. The number of pyridine rings is 1. The second-order valence-corrected chi connectivity index (χ2v) is 8.33. The summed E-state index contributed by atoms with van der Waals surface area (Å²) in [5.74, 6) is 0. The van der Waals surface area contributed by atoms with Crippen LogP contribution in [0.2, 0.25) is 5.02 Å². The molecule has 4 heteroatoms. The Morgan fingerprint density at radius 2 is 1.84 bits per heavy atom. The van der Waals surface area contributed by atoms with Gasteiger partial charge in [0, 0.05) is 34.5 Å². The fraction of sp³-hybridized carbons (Fsp3) is 0.286. The van der Waals surface area contributed by atoms with E-state index in [0.717, 1.165) is 30.0 Å². The topological polar surface area (TPSA) is 16.1 Å². The van der Waals surface area contributed by atoms with E-state index in [2.05, 4.69) is 52.3 Å². The average Bonchev–Trinajstić information content (AvgIpc) is 2.65. The highest BCUT2D eigenvalue weighted by atomic mass is 35.5. The largest absolute Gasteiger partial charge is 0.299 e. The van der Waals surface area contributed by atoms with Crippen LogP contribution in [0, 0.1) is 0 Å². The van der Waals surface area contributed by atoms with Gasteiger partial charge in [0.25, 0.3) is 0 Å². The number of hydrogen-bond donors (Lipinski definition) is 0. The van der Waals surface area contributed by atoms with Crippen LogP contribution in [0.3, 0.4) is 0 Å². The summed E-state index contributed by atoms with van der Waals surface area (Å²) in [6.45, 7) is 3.37. The number of benzene rings is 2. The highest BCUT2D eigenvalue weighted by Gasteiger charge is 2.21. The normalized spacial score (nSPS) is 16.4. The molecule has 3 aromatic rings. The predicted octanol–water partition coefficient (Wildman–Crippen LogP) is 5.64. The molecule has 0 radical (unpaired) electrons. The van der Waals surface area contributed by atoms with Crippen molar-refractivity contribution in [2.45, 2.75) is 29.5 Å². The summed E-state index contributed by atoms with van der Waals surface area (Å²) in [6.07, 6.45) is 6.13. The van der Waals surface area contributed by atoms with Crippen molar-refractivity contribution in [1.82, 2.24) is 9.88 Å². The maximum absolute atomic E-state index is 6.50. The number of nitrogens with zero attached hydrogens (tertiary/aromatic N) is 2. The van der Waals surface area contributed by atoms with Crippen molar-refractivity contribution in [3.63, 3.8) is 0 Å². The number of aromatic nitrogens is 1. The zero-order valence-electron chi connectivity index (χ0n) is 14.1. The molecule has 1 aliphatic rings. The Labute approximate surface area is 158 Å². The number of piperidine rings is 1. The van der Waals surface area contributed by atoms with Gasteiger partial charge >= 0.3 is 0 Å². The number of rotatable bonds is 4. The Bertz CT molecular complexity index is 845. The molecule has 0 bridgehead atoms. The zero-order valence-corrected chi connectivity index (χ0v) is 15.6. The lowest BCUT2D eigenvalue weighted by Crippen LogP contribution is -2.34. The molecule has 0 unspecified atom stereocenters. The SMILES string of the molecule is Clc1cc2cnccc2cc1SC1CCN(Cc2ccccc2)CC1. The van der Waals surface area contributed by atoms with Gasteiger partial charge in [-0.3, -0.25) is 9.88 Å². The van der Waals surface area contributed by atoms with Crippen molar-refractivity contribution >= 4 is 34.1 Å². The summed E-state index contributed by atoms with van der Waals surface area (Å²) in [6, 6.07) is 17.0. The van der Waals surface area contributed by atoms with E-state index in [9.17, 15) is 0 Å². The Morgan fingerprint density at radius 3 is 2.64 bits per heavy atom. The third-order valence-electron chi connectivity index (χ3n) is 4.77. The van der Waals surface area contributed by atoms with Crippen molar-refractivity contribution in [1.29, 1.82) is 0 Å². The molecule has 0 spiro atoms. The molecule has 1 aromatic heterocycles. The van der Waals surface area contributed by atoms with Crippen LogP contribution in [0.15, 0.2) is 65.8 Å². The first kappa shape index (κ1) is 16.9. The fourth-order valence-electron chi connectivity index (χ4n) is 3.38. The Balaban J connectivity index is 1.38. The van der Waals surface area contributed by atoms with Crippen LogP contribution in [0.1, 0.15) is 18.4 Å². The van der Waals surface area contributed by atoms with Gasteiger partial charge in [-0.25, -0.2) is 0 Å². The van der Waals surface area contributed by atoms with Crippen LogP contribution in [-0.2, 0) is 6.54 Å². The summed E-state index contributed by atoms with van der Waals surface area (Å²) in [5, 5.41) is 3.80. The first-order chi connectivity index (χ1) is 12.3. The highest BCUT2D eigenvalue weighted by molar-refractivity contribution is 8.00. The fourth-order valence-corrected chi connectivity index (χ4v) is 4.86. The maximum atomic E-state index is 6.50. The molecule has 0 atom stereocenters. The second-order valence-electron chi connectivity index (χ2n) is 6.58. The molecule has 0 amide bonds. The molecule has 0 aliphatic carbocycles. The molecular weight excluding hydrogens is 348 g/mol. The summed E-state index contributed by atoms with van der Waals surface area (Å²) in [5.41, 5.74) is 1.40. The minimum Gasteiger partial charge on any atom is -0.299 e. The van der Waals surface area contributed by atoms with E-state index in [-0.39, 0.29) is 0 Å². The van der Waals surface area contributed by atoms with E-state index in [4.69, 9.17) is 11.6 Å². The molecule has 128 valence electrons. The van der Waals surface area contributed by atoms with E-state index >= 15 is 0 Å². The van der Waals surface area contributed by atoms with E-state index in [1.54, 1.807) is 0 Å². The van der Waals surface area contributed by atoms with Gasteiger partial charge in [-0.05, 0) is 55.1 Å². The van der Waals surface area contributed by atoms with E-state index in [1.165, 1.54) is 28.7 Å². The van der Waals surface area contributed by atoms with Gasteiger partial charge in [-0.15, -0.1) is 11.8 Å². The lowest BCUT2D eigenvalue weighted by atomic mass is 10.1. The molecule has 0 saturated carbocycles. The lowest BCUT2D eigenvalue weighted by Gasteiger charge is -2.31. The third kappa shape index (κ3) is 4.17. The van der Waals surface area contributed by atoms with Gasteiger partial charge in [0.1, 0.15) is 0 Å². The van der Waals surface area contributed by atoms with Gasteiger partial charge < -0.3 is 0 Å². The molecule has 4 rings (SSSR count).